The second kappa shape index (κ2) is 3.13. The molecule has 2 aliphatic rings. The average Bonchev–Trinajstić information content (AvgIpc) is 2.32. The standard InChI is InChI=1S/C14H16/c1-9-5-6-13-12(4)10(2)8-14(13)11(3)7-9/h5-8H,1-4H3. The summed E-state index contributed by atoms with van der Waals surface area (Å²) >= 11 is 0. The molecule has 0 unspecified atom stereocenters. The van der Waals surface area contributed by atoms with E-state index in [4.69, 9.17) is 0 Å². The van der Waals surface area contributed by atoms with Crippen LogP contribution in [0.1, 0.15) is 22.3 Å². The highest BCUT2D eigenvalue weighted by Crippen LogP contribution is 2.32. The molecule has 14 heavy (non-hydrogen) atoms. The lowest BCUT2D eigenvalue weighted by Crippen LogP contribution is -1.74. The third-order valence-electron chi connectivity index (χ3n) is 3.03. The molecule has 0 aromatic heterocycles. The van der Waals surface area contributed by atoms with Gasteiger partial charge in [0.1, 0.15) is 0 Å². The van der Waals surface area contributed by atoms with Crippen LogP contribution in [-0.4, -0.2) is 0 Å². The lowest BCUT2D eigenvalue weighted by molar-refractivity contribution is 1.41. The molecule has 0 aromatic carbocycles. The smallest absolute Gasteiger partial charge is 0.0149 e. The molecule has 0 radical (unpaired) electrons. The number of rotatable bonds is 0. The van der Waals surface area contributed by atoms with Gasteiger partial charge < -0.3 is 0 Å². The molecular formula is C14H16. The topological polar surface area (TPSA) is 0 Å². The van der Waals surface area contributed by atoms with Crippen molar-refractivity contribution in [1.29, 1.82) is 0 Å². The fourth-order valence-electron chi connectivity index (χ4n) is 2.04. The Hall–Kier alpha value is -1.30. The van der Waals surface area contributed by atoms with Crippen molar-refractivity contribution in [3.63, 3.8) is 0 Å². The minimum atomic E-state index is 1.33. The van der Waals surface area contributed by atoms with Gasteiger partial charge in [0, 0.05) is 0 Å². The molecular weight excluding hydrogens is 168 g/mol. The Morgan fingerprint density at radius 3 is 2.14 bits per heavy atom. The zero-order valence-electron chi connectivity index (χ0n) is 9.31. The van der Waals surface area contributed by atoms with E-state index >= 15 is 0 Å². The van der Waals surface area contributed by atoms with E-state index in [9.17, 15) is 0 Å². The first-order valence-corrected chi connectivity index (χ1v) is 5.07. The molecule has 0 N–H and O–H groups in total. The van der Waals surface area contributed by atoms with E-state index in [0.29, 0.717) is 0 Å². The third-order valence-corrected chi connectivity index (χ3v) is 3.03. The molecule has 0 heteroatoms. The summed E-state index contributed by atoms with van der Waals surface area (Å²) in [5.74, 6) is 0. The maximum absolute atomic E-state index is 2.29. The van der Waals surface area contributed by atoms with Gasteiger partial charge in [-0.05, 0) is 55.5 Å². The largest absolute Gasteiger partial charge is 0.0587 e. The average molecular weight is 184 g/mol. The van der Waals surface area contributed by atoms with Gasteiger partial charge in [-0.3, -0.25) is 0 Å². The quantitative estimate of drug-likeness (QED) is 0.580. The van der Waals surface area contributed by atoms with E-state index in [1.54, 1.807) is 0 Å². The van der Waals surface area contributed by atoms with E-state index in [2.05, 4.69) is 52.0 Å². The molecule has 0 aliphatic heterocycles. The van der Waals surface area contributed by atoms with Crippen LogP contribution >= 0.6 is 0 Å². The Balaban J connectivity index is 2.84. The SMILES string of the molecule is Cc1ccc2c(C)c(C)cc-2c(C)c1. The summed E-state index contributed by atoms with van der Waals surface area (Å²) in [6, 6.07) is 8.97. The highest BCUT2D eigenvalue weighted by molar-refractivity contribution is 5.75. The summed E-state index contributed by atoms with van der Waals surface area (Å²) in [6.07, 6.45) is 0. The first kappa shape index (κ1) is 9.26. The van der Waals surface area contributed by atoms with Gasteiger partial charge in [0.25, 0.3) is 0 Å². The Morgan fingerprint density at radius 1 is 0.714 bits per heavy atom. The van der Waals surface area contributed by atoms with Crippen LogP contribution in [0.4, 0.5) is 0 Å². The van der Waals surface area contributed by atoms with Crippen molar-refractivity contribution in [1.82, 2.24) is 0 Å². The molecule has 0 atom stereocenters. The summed E-state index contributed by atoms with van der Waals surface area (Å²) in [6.45, 7) is 8.72. The number of hydrogen-bond acceptors (Lipinski definition) is 0. The van der Waals surface area contributed by atoms with Crippen LogP contribution in [0, 0.1) is 27.7 Å². The molecule has 0 nitrogen and oxygen atoms in total. The lowest BCUT2D eigenvalue weighted by Gasteiger charge is -1.97. The molecule has 0 saturated heterocycles. The van der Waals surface area contributed by atoms with Crippen LogP contribution in [-0.2, 0) is 0 Å². The van der Waals surface area contributed by atoms with Gasteiger partial charge in [0.05, 0.1) is 0 Å². The van der Waals surface area contributed by atoms with Crippen LogP contribution in [0.2, 0.25) is 0 Å². The summed E-state index contributed by atoms with van der Waals surface area (Å²) in [4.78, 5) is 0. The third kappa shape index (κ3) is 1.31. The van der Waals surface area contributed by atoms with Crippen LogP contribution in [0.3, 0.4) is 0 Å². The molecule has 72 valence electrons. The fraction of sp³-hybridized carbons (Fsp3) is 0.286. The van der Waals surface area contributed by atoms with Crippen LogP contribution in [0.15, 0.2) is 24.3 Å². The van der Waals surface area contributed by atoms with Gasteiger partial charge in [-0.15, -0.1) is 0 Å². The predicted molar refractivity (Wildman–Crippen MR) is 62.0 cm³/mol. The van der Waals surface area contributed by atoms with Crippen molar-refractivity contribution < 1.29 is 0 Å². The molecule has 2 rings (SSSR count). The summed E-state index contributed by atoms with van der Waals surface area (Å²) < 4.78 is 0. The van der Waals surface area contributed by atoms with Gasteiger partial charge in [-0.25, -0.2) is 0 Å². The van der Waals surface area contributed by atoms with E-state index < -0.39 is 0 Å². The Bertz CT molecular complexity index is 452. The van der Waals surface area contributed by atoms with Crippen molar-refractivity contribution in [3.05, 3.63) is 46.5 Å². The second-order valence-electron chi connectivity index (χ2n) is 4.18. The summed E-state index contributed by atoms with van der Waals surface area (Å²) in [5.41, 5.74) is 8.31. The van der Waals surface area contributed by atoms with E-state index in [0.717, 1.165) is 0 Å². The van der Waals surface area contributed by atoms with Gasteiger partial charge >= 0.3 is 0 Å². The minimum absolute atomic E-state index is 1.33. The number of aryl methyl sites for hydroxylation is 3. The first-order valence-electron chi connectivity index (χ1n) is 5.07. The van der Waals surface area contributed by atoms with Gasteiger partial charge in [0.2, 0.25) is 0 Å². The van der Waals surface area contributed by atoms with E-state index in [1.165, 1.54) is 33.4 Å². The first-order chi connectivity index (χ1) is 6.59. The summed E-state index contributed by atoms with van der Waals surface area (Å²) in [5, 5.41) is 0. The molecule has 2 aliphatic carbocycles. The second-order valence-corrected chi connectivity index (χ2v) is 4.18. The van der Waals surface area contributed by atoms with Gasteiger partial charge in [-0.1, -0.05) is 29.8 Å². The lowest BCUT2D eigenvalue weighted by atomic mass is 10.1. The van der Waals surface area contributed by atoms with Crippen molar-refractivity contribution in [3.8, 4) is 11.1 Å². The summed E-state index contributed by atoms with van der Waals surface area (Å²) in [7, 11) is 0. The number of fused-ring (bicyclic) bond motifs is 1. The van der Waals surface area contributed by atoms with Crippen LogP contribution in [0.25, 0.3) is 11.1 Å². The van der Waals surface area contributed by atoms with Crippen molar-refractivity contribution in [2.24, 2.45) is 0 Å². The van der Waals surface area contributed by atoms with E-state index in [1.807, 2.05) is 0 Å². The number of hydrogen-bond donors (Lipinski definition) is 0. The highest BCUT2D eigenvalue weighted by Gasteiger charge is 2.10. The maximum atomic E-state index is 2.29. The van der Waals surface area contributed by atoms with Crippen molar-refractivity contribution >= 4 is 0 Å². The fourth-order valence-corrected chi connectivity index (χ4v) is 2.04. The van der Waals surface area contributed by atoms with Gasteiger partial charge in [-0.2, -0.15) is 0 Å². The molecule has 0 amide bonds. The molecule has 0 bridgehead atoms. The zero-order chi connectivity index (χ0) is 10.3. The highest BCUT2D eigenvalue weighted by atomic mass is 14.1. The predicted octanol–water partition coefficient (Wildman–Crippen LogP) is 4.03. The van der Waals surface area contributed by atoms with Gasteiger partial charge in [0.15, 0.2) is 0 Å². The Morgan fingerprint density at radius 2 is 1.43 bits per heavy atom. The maximum Gasteiger partial charge on any atom is -0.0149 e. The minimum Gasteiger partial charge on any atom is -0.0587 e. The molecule has 0 heterocycles. The van der Waals surface area contributed by atoms with Crippen LogP contribution < -0.4 is 0 Å². The molecule has 0 aromatic rings. The van der Waals surface area contributed by atoms with Crippen molar-refractivity contribution in [2.45, 2.75) is 27.7 Å². The van der Waals surface area contributed by atoms with E-state index in [-0.39, 0.29) is 0 Å². The zero-order valence-corrected chi connectivity index (χ0v) is 9.31. The van der Waals surface area contributed by atoms with Crippen molar-refractivity contribution in [2.75, 3.05) is 0 Å². The monoisotopic (exact) mass is 184 g/mol. The Kier molecular flexibility index (Phi) is 2.07. The molecule has 0 saturated carbocycles. The normalized spacial score (nSPS) is 10.9. The molecule has 0 spiro atoms. The molecule has 0 fully saturated rings. The Labute approximate surface area is 85.9 Å². The van der Waals surface area contributed by atoms with Crippen LogP contribution in [0.5, 0.6) is 0 Å².